The van der Waals surface area contributed by atoms with Crippen LogP contribution >= 0.6 is 0 Å². The van der Waals surface area contributed by atoms with Crippen LogP contribution in [0.1, 0.15) is 17.4 Å². The van der Waals surface area contributed by atoms with Crippen molar-refractivity contribution in [2.24, 2.45) is 0 Å². The molecule has 0 saturated carbocycles. The normalized spacial score (nSPS) is 19.7. The molecule has 0 bridgehead atoms. The van der Waals surface area contributed by atoms with Crippen molar-refractivity contribution >= 4 is 17.7 Å². The third kappa shape index (κ3) is 3.05. The number of aromatic carboxylic acids is 1. The minimum absolute atomic E-state index is 0.150. The third-order valence-corrected chi connectivity index (χ3v) is 3.50. The molecule has 1 aliphatic heterocycles. The van der Waals surface area contributed by atoms with Gasteiger partial charge < -0.3 is 20.2 Å². The maximum absolute atomic E-state index is 12.2. The number of carboxylic acids is 1. The molecule has 2 rings (SSSR count). The highest BCUT2D eigenvalue weighted by Crippen LogP contribution is 2.14. The summed E-state index contributed by atoms with van der Waals surface area (Å²) in [5, 5.41) is 11.7. The van der Waals surface area contributed by atoms with Crippen molar-refractivity contribution in [1.82, 2.24) is 14.8 Å². The van der Waals surface area contributed by atoms with Crippen molar-refractivity contribution in [1.29, 1.82) is 0 Å². The summed E-state index contributed by atoms with van der Waals surface area (Å²) in [5.74, 6) is -1.16. The smallest absolute Gasteiger partial charge is 0.356 e. The fourth-order valence-corrected chi connectivity index (χ4v) is 2.10. The Morgan fingerprint density at radius 1 is 1.45 bits per heavy atom. The number of nitrogens with one attached hydrogen (secondary N) is 1. The van der Waals surface area contributed by atoms with E-state index in [1.54, 1.807) is 11.0 Å². The molecule has 108 valence electrons. The molecule has 1 unspecified atom stereocenters. The predicted octanol–water partition coefficient (Wildman–Crippen LogP) is 0.948. The van der Waals surface area contributed by atoms with Crippen LogP contribution in [0.5, 0.6) is 0 Å². The molecule has 1 saturated heterocycles. The van der Waals surface area contributed by atoms with Gasteiger partial charge in [0.05, 0.1) is 5.69 Å². The second-order valence-corrected chi connectivity index (χ2v) is 4.91. The summed E-state index contributed by atoms with van der Waals surface area (Å²) >= 11 is 0. The van der Waals surface area contributed by atoms with Crippen LogP contribution in [-0.2, 0) is 0 Å². The maximum Gasteiger partial charge on any atom is 0.356 e. The average Bonchev–Trinajstić information content (AvgIpc) is 2.42. The largest absolute Gasteiger partial charge is 0.476 e. The third-order valence-electron chi connectivity index (χ3n) is 3.50. The van der Waals surface area contributed by atoms with Crippen LogP contribution in [0, 0.1) is 0 Å². The van der Waals surface area contributed by atoms with Gasteiger partial charge in [0.25, 0.3) is 0 Å². The Balaban J connectivity index is 2.07. The standard InChI is InChI=1S/C13H18N4O3/c1-9-8-17(7-6-16(9)2)13(20)15-10-4-3-5-14-11(10)12(18)19/h3-5,9H,6-8H2,1-2H3,(H,15,20)(H,18,19). The number of hydrogen-bond donors (Lipinski definition) is 2. The molecule has 7 heteroatoms. The number of aromatic nitrogens is 1. The van der Waals surface area contributed by atoms with E-state index in [9.17, 15) is 9.59 Å². The fourth-order valence-electron chi connectivity index (χ4n) is 2.10. The van der Waals surface area contributed by atoms with Crippen LogP contribution in [-0.4, -0.2) is 64.6 Å². The average molecular weight is 278 g/mol. The number of piperazine rings is 1. The Morgan fingerprint density at radius 3 is 2.85 bits per heavy atom. The van der Waals surface area contributed by atoms with E-state index in [1.165, 1.54) is 12.3 Å². The summed E-state index contributed by atoms with van der Waals surface area (Å²) in [4.78, 5) is 30.8. The van der Waals surface area contributed by atoms with E-state index in [0.717, 1.165) is 6.54 Å². The highest BCUT2D eigenvalue weighted by Gasteiger charge is 2.25. The lowest BCUT2D eigenvalue weighted by Crippen LogP contribution is -2.53. The molecule has 2 N–H and O–H groups in total. The molecule has 2 amide bonds. The van der Waals surface area contributed by atoms with Gasteiger partial charge in [-0.25, -0.2) is 14.6 Å². The Labute approximate surface area is 117 Å². The van der Waals surface area contributed by atoms with Gasteiger partial charge in [0, 0.05) is 31.9 Å². The van der Waals surface area contributed by atoms with Gasteiger partial charge in [0.15, 0.2) is 5.69 Å². The van der Waals surface area contributed by atoms with Crippen molar-refractivity contribution in [2.45, 2.75) is 13.0 Å². The predicted molar refractivity (Wildman–Crippen MR) is 73.9 cm³/mol. The van der Waals surface area contributed by atoms with E-state index >= 15 is 0 Å². The van der Waals surface area contributed by atoms with E-state index < -0.39 is 5.97 Å². The number of hydrogen-bond acceptors (Lipinski definition) is 4. The number of carboxylic acid groups (broad SMARTS) is 1. The number of carbonyl (C=O) groups is 2. The van der Waals surface area contributed by atoms with Gasteiger partial charge in [-0.05, 0) is 26.1 Å². The molecule has 0 aromatic carbocycles. The van der Waals surface area contributed by atoms with Gasteiger partial charge in [0.1, 0.15) is 0 Å². The van der Waals surface area contributed by atoms with Crippen molar-refractivity contribution in [3.8, 4) is 0 Å². The monoisotopic (exact) mass is 278 g/mol. The molecule has 0 radical (unpaired) electrons. The van der Waals surface area contributed by atoms with E-state index in [2.05, 4.69) is 15.2 Å². The van der Waals surface area contributed by atoms with E-state index in [0.29, 0.717) is 13.1 Å². The van der Waals surface area contributed by atoms with E-state index in [1.807, 2.05) is 14.0 Å². The summed E-state index contributed by atoms with van der Waals surface area (Å²) in [6.07, 6.45) is 1.39. The number of nitrogens with zero attached hydrogens (tertiary/aromatic N) is 3. The van der Waals surface area contributed by atoms with Gasteiger partial charge in [-0.2, -0.15) is 0 Å². The number of pyridine rings is 1. The minimum atomic E-state index is -1.16. The minimum Gasteiger partial charge on any atom is -0.476 e. The lowest BCUT2D eigenvalue weighted by atomic mass is 10.2. The zero-order valence-electron chi connectivity index (χ0n) is 11.5. The van der Waals surface area contributed by atoms with Gasteiger partial charge in [-0.15, -0.1) is 0 Å². The quantitative estimate of drug-likeness (QED) is 0.841. The lowest BCUT2D eigenvalue weighted by Gasteiger charge is -2.37. The van der Waals surface area contributed by atoms with Crippen LogP contribution in [0.2, 0.25) is 0 Å². The SMILES string of the molecule is CC1CN(C(=O)Nc2cccnc2C(=O)O)CCN1C. The van der Waals surface area contributed by atoms with Gasteiger partial charge in [-0.3, -0.25) is 0 Å². The molecule has 2 heterocycles. The summed E-state index contributed by atoms with van der Waals surface area (Å²) < 4.78 is 0. The number of amides is 2. The Hall–Kier alpha value is -2.15. The summed E-state index contributed by atoms with van der Waals surface area (Å²) in [6, 6.07) is 3.12. The number of likely N-dealkylation sites (N-methyl/N-ethyl adjacent to an activating group) is 1. The molecule has 7 nitrogen and oxygen atoms in total. The van der Waals surface area contributed by atoms with Crippen LogP contribution in [0.3, 0.4) is 0 Å². The van der Waals surface area contributed by atoms with Crippen molar-refractivity contribution in [3.05, 3.63) is 24.0 Å². The topological polar surface area (TPSA) is 85.8 Å². The number of rotatable bonds is 2. The Kier molecular flexibility index (Phi) is 4.19. The first-order valence-corrected chi connectivity index (χ1v) is 6.43. The number of urea groups is 1. The lowest BCUT2D eigenvalue weighted by molar-refractivity contribution is 0.0691. The molecule has 1 aromatic heterocycles. The fraction of sp³-hybridized carbons (Fsp3) is 0.462. The van der Waals surface area contributed by atoms with Crippen LogP contribution in [0.15, 0.2) is 18.3 Å². The van der Waals surface area contributed by atoms with E-state index in [4.69, 9.17) is 5.11 Å². The molecular formula is C13H18N4O3. The van der Waals surface area contributed by atoms with E-state index in [-0.39, 0.29) is 23.5 Å². The van der Waals surface area contributed by atoms with Gasteiger partial charge in [-0.1, -0.05) is 0 Å². The first kappa shape index (κ1) is 14.3. The van der Waals surface area contributed by atoms with Gasteiger partial charge >= 0.3 is 12.0 Å². The summed E-state index contributed by atoms with van der Waals surface area (Å²) in [7, 11) is 2.02. The van der Waals surface area contributed by atoms with Crippen molar-refractivity contribution in [2.75, 3.05) is 32.0 Å². The molecule has 1 atom stereocenters. The Bertz CT molecular complexity index is 520. The van der Waals surface area contributed by atoms with Crippen molar-refractivity contribution < 1.29 is 14.7 Å². The van der Waals surface area contributed by atoms with Gasteiger partial charge in [0.2, 0.25) is 0 Å². The number of carbonyl (C=O) groups excluding carboxylic acids is 1. The maximum atomic E-state index is 12.2. The Morgan fingerprint density at radius 2 is 2.20 bits per heavy atom. The zero-order chi connectivity index (χ0) is 14.7. The molecule has 20 heavy (non-hydrogen) atoms. The molecule has 1 aromatic rings. The molecule has 1 fully saturated rings. The van der Waals surface area contributed by atoms with Crippen LogP contribution in [0.4, 0.5) is 10.5 Å². The molecule has 0 aliphatic carbocycles. The first-order valence-electron chi connectivity index (χ1n) is 6.43. The summed E-state index contributed by atoms with van der Waals surface area (Å²) in [6.45, 7) is 4.08. The molecular weight excluding hydrogens is 260 g/mol. The highest BCUT2D eigenvalue weighted by molar-refractivity contribution is 5.98. The molecule has 0 spiro atoms. The van der Waals surface area contributed by atoms with Crippen molar-refractivity contribution in [3.63, 3.8) is 0 Å². The second-order valence-electron chi connectivity index (χ2n) is 4.91. The second kappa shape index (κ2) is 5.87. The summed E-state index contributed by atoms with van der Waals surface area (Å²) in [5.41, 5.74) is 0.0691. The number of anilines is 1. The van der Waals surface area contributed by atoms with Crippen LogP contribution < -0.4 is 5.32 Å². The van der Waals surface area contributed by atoms with Crippen LogP contribution in [0.25, 0.3) is 0 Å². The molecule has 1 aliphatic rings. The highest BCUT2D eigenvalue weighted by atomic mass is 16.4. The zero-order valence-corrected chi connectivity index (χ0v) is 11.5. The first-order chi connectivity index (χ1) is 9.49.